The van der Waals surface area contributed by atoms with E-state index in [-0.39, 0.29) is 0 Å². The van der Waals surface area contributed by atoms with E-state index >= 15 is 0 Å². The van der Waals surface area contributed by atoms with Crippen LogP contribution in [0.4, 0.5) is 0 Å². The molecule has 24 heavy (non-hydrogen) atoms. The minimum Gasteiger partial charge on any atom is -0.244 e. The zero-order valence-corrected chi connectivity index (χ0v) is 13.5. The summed E-state index contributed by atoms with van der Waals surface area (Å²) in [4.78, 5) is 8.03. The zero-order chi connectivity index (χ0) is 16.4. The summed E-state index contributed by atoms with van der Waals surface area (Å²) in [7, 11) is 0. The molecule has 0 saturated heterocycles. The van der Waals surface area contributed by atoms with Crippen LogP contribution in [0.2, 0.25) is 5.15 Å². The van der Waals surface area contributed by atoms with E-state index in [0.29, 0.717) is 17.0 Å². The van der Waals surface area contributed by atoms with Gasteiger partial charge in [0.15, 0.2) is 5.15 Å². The molecule has 2 atom stereocenters. The van der Waals surface area contributed by atoms with Crippen molar-refractivity contribution in [1.82, 2.24) is 20.2 Å². The predicted molar refractivity (Wildman–Crippen MR) is 92.2 cm³/mol. The van der Waals surface area contributed by atoms with Gasteiger partial charge in [-0.3, -0.25) is 0 Å². The van der Waals surface area contributed by atoms with Crippen LogP contribution in [0.25, 0.3) is 11.3 Å². The van der Waals surface area contributed by atoms with Crippen LogP contribution < -0.4 is 0 Å². The van der Waals surface area contributed by atoms with Gasteiger partial charge in [0.2, 0.25) is 0 Å². The van der Waals surface area contributed by atoms with Crippen LogP contribution in [0.15, 0.2) is 55.1 Å². The lowest BCUT2D eigenvalue weighted by Gasteiger charge is -2.04. The topological polar surface area (TPSA) is 51.6 Å². The quantitative estimate of drug-likeness (QED) is 0.671. The van der Waals surface area contributed by atoms with Gasteiger partial charge in [-0.15, -0.1) is 10.2 Å². The Kier molecular flexibility index (Phi) is 3.94. The first-order chi connectivity index (χ1) is 11.8. The average molecular weight is 333 g/mol. The first-order valence-corrected chi connectivity index (χ1v) is 8.04. The molecule has 3 aromatic rings. The van der Waals surface area contributed by atoms with E-state index in [1.807, 2.05) is 36.4 Å². The highest BCUT2D eigenvalue weighted by Crippen LogP contribution is 2.49. The molecule has 1 saturated carbocycles. The average Bonchev–Trinajstić information content (AvgIpc) is 3.41. The van der Waals surface area contributed by atoms with Gasteiger partial charge in [-0.05, 0) is 30.2 Å². The molecule has 1 aliphatic carbocycles. The summed E-state index contributed by atoms with van der Waals surface area (Å²) in [5.74, 6) is 7.17. The van der Waals surface area contributed by atoms with Crippen LogP contribution in [-0.2, 0) is 0 Å². The highest BCUT2D eigenvalue weighted by Gasteiger charge is 2.39. The smallest absolute Gasteiger partial charge is 0.155 e. The fraction of sp³-hybridized carbons (Fsp3) is 0.158. The molecule has 0 unspecified atom stereocenters. The Morgan fingerprint density at radius 3 is 2.62 bits per heavy atom. The normalized spacial score (nSPS) is 18.5. The summed E-state index contributed by atoms with van der Waals surface area (Å²) in [6.45, 7) is 0. The maximum Gasteiger partial charge on any atom is 0.155 e. The second-order valence-electron chi connectivity index (χ2n) is 5.69. The molecule has 0 N–H and O–H groups in total. The van der Waals surface area contributed by atoms with E-state index in [0.717, 1.165) is 28.8 Å². The maximum atomic E-state index is 6.25. The highest BCUT2D eigenvalue weighted by molar-refractivity contribution is 6.30. The largest absolute Gasteiger partial charge is 0.244 e. The third-order valence-electron chi connectivity index (χ3n) is 4.00. The monoisotopic (exact) mass is 332 g/mol. The van der Waals surface area contributed by atoms with E-state index < -0.39 is 0 Å². The second kappa shape index (κ2) is 6.38. The SMILES string of the molecule is Clc1nnc(-c2cncnc2)cc1[C@H]1C[C@@H]1C#Cc1ccccc1. The number of benzene rings is 1. The molecule has 0 spiro atoms. The maximum absolute atomic E-state index is 6.25. The molecule has 0 amide bonds. The van der Waals surface area contributed by atoms with Gasteiger partial charge < -0.3 is 0 Å². The number of halogens is 1. The first kappa shape index (κ1) is 14.8. The van der Waals surface area contributed by atoms with Crippen molar-refractivity contribution in [2.45, 2.75) is 12.3 Å². The molecule has 4 rings (SSSR count). The summed E-state index contributed by atoms with van der Waals surface area (Å²) >= 11 is 6.25. The lowest BCUT2D eigenvalue weighted by atomic mass is 10.1. The van der Waals surface area contributed by atoms with Gasteiger partial charge in [-0.2, -0.15) is 0 Å². The molecular weight excluding hydrogens is 320 g/mol. The fourth-order valence-electron chi connectivity index (χ4n) is 2.62. The lowest BCUT2D eigenvalue weighted by Crippen LogP contribution is -1.95. The van der Waals surface area contributed by atoms with Crippen molar-refractivity contribution in [2.75, 3.05) is 0 Å². The van der Waals surface area contributed by atoms with Gasteiger partial charge in [-0.25, -0.2) is 9.97 Å². The molecule has 4 nitrogen and oxygen atoms in total. The molecule has 0 radical (unpaired) electrons. The van der Waals surface area contributed by atoms with Crippen LogP contribution in [0.1, 0.15) is 23.5 Å². The second-order valence-corrected chi connectivity index (χ2v) is 6.04. The Hall–Kier alpha value is -2.77. The van der Waals surface area contributed by atoms with Gasteiger partial charge in [0.25, 0.3) is 0 Å². The van der Waals surface area contributed by atoms with Crippen LogP contribution in [0.5, 0.6) is 0 Å². The standard InChI is InChI=1S/C19H13ClN4/c20-19-17(9-18(23-24-19)15-10-21-12-22-11-15)16-8-14(16)7-6-13-4-2-1-3-5-13/h1-5,9-12,14,16H,8H2/t14-,16-/m0/s1. The van der Waals surface area contributed by atoms with Crippen LogP contribution in [0.3, 0.4) is 0 Å². The van der Waals surface area contributed by atoms with Crippen molar-refractivity contribution in [3.05, 3.63) is 71.4 Å². The third-order valence-corrected chi connectivity index (χ3v) is 4.29. The number of hydrogen-bond acceptors (Lipinski definition) is 4. The molecule has 2 heterocycles. The van der Waals surface area contributed by atoms with Gasteiger partial charge in [0, 0.05) is 35.4 Å². The summed E-state index contributed by atoms with van der Waals surface area (Å²) in [6.07, 6.45) is 5.92. The Morgan fingerprint density at radius 2 is 1.83 bits per heavy atom. The van der Waals surface area contributed by atoms with E-state index in [9.17, 15) is 0 Å². The van der Waals surface area contributed by atoms with E-state index in [4.69, 9.17) is 11.6 Å². The minimum absolute atomic E-state index is 0.312. The molecular formula is C19H13ClN4. The third kappa shape index (κ3) is 3.12. The van der Waals surface area contributed by atoms with Crippen LogP contribution >= 0.6 is 11.6 Å². The van der Waals surface area contributed by atoms with Gasteiger partial charge >= 0.3 is 0 Å². The molecule has 1 fully saturated rings. The van der Waals surface area contributed by atoms with Gasteiger partial charge in [0.05, 0.1) is 5.69 Å². The number of hydrogen-bond donors (Lipinski definition) is 0. The molecule has 0 aliphatic heterocycles. The van der Waals surface area contributed by atoms with E-state index in [1.165, 1.54) is 6.33 Å². The Bertz CT molecular complexity index is 916. The summed E-state index contributed by atoms with van der Waals surface area (Å²) in [6, 6.07) is 12.0. The summed E-state index contributed by atoms with van der Waals surface area (Å²) in [5.41, 5.74) is 3.59. The highest BCUT2D eigenvalue weighted by atomic mass is 35.5. The first-order valence-electron chi connectivity index (χ1n) is 7.66. The molecule has 1 aliphatic rings. The zero-order valence-electron chi connectivity index (χ0n) is 12.7. The molecule has 0 bridgehead atoms. The molecule has 5 heteroatoms. The van der Waals surface area contributed by atoms with Gasteiger partial charge in [-0.1, -0.05) is 41.6 Å². The van der Waals surface area contributed by atoms with Crippen molar-refractivity contribution in [3.63, 3.8) is 0 Å². The fourth-order valence-corrected chi connectivity index (χ4v) is 2.85. The predicted octanol–water partition coefficient (Wildman–Crippen LogP) is 3.74. The van der Waals surface area contributed by atoms with E-state index in [1.54, 1.807) is 12.4 Å². The molecule has 116 valence electrons. The number of rotatable bonds is 2. The molecule has 1 aromatic carbocycles. The van der Waals surface area contributed by atoms with Gasteiger partial charge in [0.1, 0.15) is 6.33 Å². The minimum atomic E-state index is 0.312. The van der Waals surface area contributed by atoms with Crippen molar-refractivity contribution in [1.29, 1.82) is 0 Å². The van der Waals surface area contributed by atoms with Crippen molar-refractivity contribution in [2.24, 2.45) is 5.92 Å². The summed E-state index contributed by atoms with van der Waals surface area (Å²) < 4.78 is 0. The number of aromatic nitrogens is 4. The Balaban J connectivity index is 1.57. The van der Waals surface area contributed by atoms with Crippen molar-refractivity contribution >= 4 is 11.6 Å². The Morgan fingerprint density at radius 1 is 1.04 bits per heavy atom. The number of nitrogens with zero attached hydrogens (tertiary/aromatic N) is 4. The Labute approximate surface area is 145 Å². The molecule has 2 aromatic heterocycles. The van der Waals surface area contributed by atoms with Crippen molar-refractivity contribution < 1.29 is 0 Å². The lowest BCUT2D eigenvalue weighted by molar-refractivity contribution is 0.960. The van der Waals surface area contributed by atoms with Crippen LogP contribution in [0, 0.1) is 17.8 Å². The summed E-state index contributed by atoms with van der Waals surface area (Å²) in [5, 5.41) is 8.67. The van der Waals surface area contributed by atoms with Crippen molar-refractivity contribution in [3.8, 4) is 23.1 Å². The van der Waals surface area contributed by atoms with E-state index in [2.05, 4.69) is 32.0 Å². The van der Waals surface area contributed by atoms with Crippen LogP contribution in [-0.4, -0.2) is 20.2 Å².